The van der Waals surface area contributed by atoms with E-state index in [2.05, 4.69) is 29.6 Å². The Balaban J connectivity index is 1.91. The predicted molar refractivity (Wildman–Crippen MR) is 60.3 cm³/mol. The number of nitrogens with one attached hydrogen (secondary N) is 1. The smallest absolute Gasteiger partial charge is 0.122 e. The fourth-order valence-electron chi connectivity index (χ4n) is 2.84. The molecule has 0 spiro atoms. The van der Waals surface area contributed by atoms with Gasteiger partial charge in [0.05, 0.1) is 6.61 Å². The van der Waals surface area contributed by atoms with Gasteiger partial charge in [-0.2, -0.15) is 0 Å². The SMILES string of the molecule is c1ccc2c(c1)OCCC2C1CCCN1. The standard InChI is InChI=1S/C13H17NO/c1-2-6-13-11(4-1)10(7-9-15-13)12-5-3-8-14-12/h1-2,4,6,10,12,14H,3,5,7-9H2. The third kappa shape index (κ3) is 1.63. The van der Waals surface area contributed by atoms with Gasteiger partial charge in [0.2, 0.25) is 0 Å². The minimum Gasteiger partial charge on any atom is -0.493 e. The van der Waals surface area contributed by atoms with Gasteiger partial charge in [0.1, 0.15) is 5.75 Å². The molecule has 2 heterocycles. The van der Waals surface area contributed by atoms with Gasteiger partial charge in [-0.05, 0) is 37.4 Å². The van der Waals surface area contributed by atoms with Crippen molar-refractivity contribution in [2.45, 2.75) is 31.2 Å². The Hall–Kier alpha value is -1.02. The molecular formula is C13H17NO. The zero-order valence-electron chi connectivity index (χ0n) is 8.91. The van der Waals surface area contributed by atoms with Crippen molar-refractivity contribution in [3.05, 3.63) is 29.8 Å². The maximum absolute atomic E-state index is 5.69. The molecule has 0 aromatic heterocycles. The van der Waals surface area contributed by atoms with E-state index in [9.17, 15) is 0 Å². The Morgan fingerprint density at radius 1 is 1.20 bits per heavy atom. The maximum Gasteiger partial charge on any atom is 0.122 e. The Morgan fingerprint density at radius 2 is 2.13 bits per heavy atom. The number of hydrogen-bond acceptors (Lipinski definition) is 2. The first kappa shape index (κ1) is 9.22. The molecule has 2 atom stereocenters. The van der Waals surface area contributed by atoms with Crippen LogP contribution < -0.4 is 10.1 Å². The molecule has 2 heteroatoms. The molecule has 15 heavy (non-hydrogen) atoms. The molecule has 0 amide bonds. The molecule has 0 radical (unpaired) electrons. The molecule has 80 valence electrons. The fraction of sp³-hybridized carbons (Fsp3) is 0.538. The lowest BCUT2D eigenvalue weighted by Crippen LogP contribution is -2.32. The zero-order chi connectivity index (χ0) is 10.1. The predicted octanol–water partition coefficient (Wildman–Crippen LogP) is 2.30. The molecule has 0 aliphatic carbocycles. The van der Waals surface area contributed by atoms with Gasteiger partial charge in [-0.15, -0.1) is 0 Å². The van der Waals surface area contributed by atoms with Crippen LogP contribution in [0.1, 0.15) is 30.7 Å². The molecule has 1 aromatic rings. The van der Waals surface area contributed by atoms with Crippen LogP contribution >= 0.6 is 0 Å². The van der Waals surface area contributed by atoms with Crippen LogP contribution in [0.3, 0.4) is 0 Å². The Labute approximate surface area is 90.6 Å². The number of rotatable bonds is 1. The molecule has 0 bridgehead atoms. The van der Waals surface area contributed by atoms with Crippen LogP contribution in [-0.4, -0.2) is 19.2 Å². The Morgan fingerprint density at radius 3 is 3.00 bits per heavy atom. The normalized spacial score (nSPS) is 29.6. The summed E-state index contributed by atoms with van der Waals surface area (Å²) in [6.07, 6.45) is 3.80. The maximum atomic E-state index is 5.69. The highest BCUT2D eigenvalue weighted by atomic mass is 16.5. The number of para-hydroxylation sites is 1. The topological polar surface area (TPSA) is 21.3 Å². The van der Waals surface area contributed by atoms with E-state index >= 15 is 0 Å². The van der Waals surface area contributed by atoms with Gasteiger partial charge in [-0.3, -0.25) is 0 Å². The lowest BCUT2D eigenvalue weighted by atomic mass is 9.86. The second kappa shape index (κ2) is 3.86. The van der Waals surface area contributed by atoms with Gasteiger partial charge in [0, 0.05) is 12.0 Å². The van der Waals surface area contributed by atoms with Crippen LogP contribution in [0.4, 0.5) is 0 Å². The first-order chi connectivity index (χ1) is 7.45. The summed E-state index contributed by atoms with van der Waals surface area (Å²) < 4.78 is 5.69. The largest absolute Gasteiger partial charge is 0.493 e. The van der Waals surface area contributed by atoms with Crippen LogP contribution in [0.15, 0.2) is 24.3 Å². The van der Waals surface area contributed by atoms with Crippen LogP contribution in [-0.2, 0) is 0 Å². The highest BCUT2D eigenvalue weighted by molar-refractivity contribution is 5.38. The van der Waals surface area contributed by atoms with Crippen molar-refractivity contribution in [2.24, 2.45) is 0 Å². The van der Waals surface area contributed by atoms with Crippen LogP contribution in [0, 0.1) is 0 Å². The van der Waals surface area contributed by atoms with Gasteiger partial charge in [0.15, 0.2) is 0 Å². The monoisotopic (exact) mass is 203 g/mol. The zero-order valence-corrected chi connectivity index (χ0v) is 8.91. The number of ether oxygens (including phenoxy) is 1. The Bertz CT molecular complexity index is 344. The molecule has 2 aliphatic rings. The van der Waals surface area contributed by atoms with Crippen molar-refractivity contribution in [2.75, 3.05) is 13.2 Å². The summed E-state index contributed by atoms with van der Waals surface area (Å²) in [6, 6.07) is 9.17. The van der Waals surface area contributed by atoms with E-state index in [0.29, 0.717) is 12.0 Å². The van der Waals surface area contributed by atoms with E-state index in [1.54, 1.807) is 0 Å². The summed E-state index contributed by atoms with van der Waals surface area (Å²) in [6.45, 7) is 2.06. The minimum absolute atomic E-state index is 0.664. The molecule has 2 nitrogen and oxygen atoms in total. The van der Waals surface area contributed by atoms with Gasteiger partial charge in [-0.25, -0.2) is 0 Å². The van der Waals surface area contributed by atoms with E-state index in [0.717, 1.165) is 18.8 Å². The summed E-state index contributed by atoms with van der Waals surface area (Å²) in [4.78, 5) is 0. The van der Waals surface area contributed by atoms with Crippen LogP contribution in [0.25, 0.3) is 0 Å². The van der Waals surface area contributed by atoms with E-state index in [1.165, 1.54) is 24.9 Å². The second-order valence-electron chi connectivity index (χ2n) is 4.48. The third-order valence-corrected chi connectivity index (χ3v) is 3.59. The van der Waals surface area contributed by atoms with Crippen molar-refractivity contribution in [3.8, 4) is 5.75 Å². The molecular weight excluding hydrogens is 186 g/mol. The van der Waals surface area contributed by atoms with Gasteiger partial charge in [0.25, 0.3) is 0 Å². The van der Waals surface area contributed by atoms with Crippen molar-refractivity contribution < 1.29 is 4.74 Å². The molecule has 1 fully saturated rings. The van der Waals surface area contributed by atoms with Crippen LogP contribution in [0.5, 0.6) is 5.75 Å². The molecule has 0 saturated carbocycles. The first-order valence-corrected chi connectivity index (χ1v) is 5.90. The van der Waals surface area contributed by atoms with Crippen LogP contribution in [0.2, 0.25) is 0 Å². The molecule has 2 aliphatic heterocycles. The average molecular weight is 203 g/mol. The lowest BCUT2D eigenvalue weighted by Gasteiger charge is -2.30. The summed E-state index contributed by atoms with van der Waals surface area (Å²) in [5.41, 5.74) is 1.41. The van der Waals surface area contributed by atoms with Crippen molar-refractivity contribution in [1.29, 1.82) is 0 Å². The molecule has 3 rings (SSSR count). The number of hydrogen-bond donors (Lipinski definition) is 1. The molecule has 2 unspecified atom stereocenters. The van der Waals surface area contributed by atoms with E-state index in [4.69, 9.17) is 4.74 Å². The molecule has 1 saturated heterocycles. The molecule has 1 aromatic carbocycles. The summed E-state index contributed by atoms with van der Waals surface area (Å²) in [7, 11) is 0. The fourth-order valence-corrected chi connectivity index (χ4v) is 2.84. The van der Waals surface area contributed by atoms with E-state index in [-0.39, 0.29) is 0 Å². The third-order valence-electron chi connectivity index (χ3n) is 3.59. The number of fused-ring (bicyclic) bond motifs is 1. The summed E-state index contributed by atoms with van der Waals surface area (Å²) in [5, 5.41) is 3.61. The summed E-state index contributed by atoms with van der Waals surface area (Å²) in [5.74, 6) is 1.76. The number of benzene rings is 1. The average Bonchev–Trinajstić information content (AvgIpc) is 2.82. The van der Waals surface area contributed by atoms with Gasteiger partial charge < -0.3 is 10.1 Å². The van der Waals surface area contributed by atoms with Gasteiger partial charge >= 0.3 is 0 Å². The first-order valence-electron chi connectivity index (χ1n) is 5.90. The van der Waals surface area contributed by atoms with E-state index in [1.807, 2.05) is 0 Å². The second-order valence-corrected chi connectivity index (χ2v) is 4.48. The summed E-state index contributed by atoms with van der Waals surface area (Å²) >= 11 is 0. The van der Waals surface area contributed by atoms with Gasteiger partial charge in [-0.1, -0.05) is 18.2 Å². The Kier molecular flexibility index (Phi) is 2.37. The quantitative estimate of drug-likeness (QED) is 0.756. The molecule has 1 N–H and O–H groups in total. The van der Waals surface area contributed by atoms with Crippen molar-refractivity contribution in [3.63, 3.8) is 0 Å². The highest BCUT2D eigenvalue weighted by Gasteiger charge is 2.30. The van der Waals surface area contributed by atoms with E-state index < -0.39 is 0 Å². The van der Waals surface area contributed by atoms with Crippen molar-refractivity contribution in [1.82, 2.24) is 5.32 Å². The minimum atomic E-state index is 0.664. The highest BCUT2D eigenvalue weighted by Crippen LogP contribution is 2.37. The van der Waals surface area contributed by atoms with Crippen molar-refractivity contribution >= 4 is 0 Å². The lowest BCUT2D eigenvalue weighted by molar-refractivity contribution is 0.250.